The Labute approximate surface area is 91.4 Å². The molecule has 1 aromatic heterocycles. The summed E-state index contributed by atoms with van der Waals surface area (Å²) >= 11 is 0. The largest absolute Gasteiger partial charge is 0.387 e. The van der Waals surface area contributed by atoms with Crippen molar-refractivity contribution < 1.29 is 5.11 Å². The van der Waals surface area contributed by atoms with Crippen LogP contribution in [0, 0.1) is 5.92 Å². The van der Waals surface area contributed by atoms with Crippen LogP contribution < -0.4 is 0 Å². The topological polar surface area (TPSA) is 33.1 Å². The molecule has 0 bridgehead atoms. The first-order chi connectivity index (χ1) is 7.38. The van der Waals surface area contributed by atoms with Crippen molar-refractivity contribution in [3.05, 3.63) is 30.1 Å². The third-order valence-electron chi connectivity index (χ3n) is 3.34. The molecule has 0 spiro atoms. The number of aliphatic hydroxyl groups is 1. The normalized spacial score (nSPS) is 20.9. The van der Waals surface area contributed by atoms with E-state index in [1.165, 1.54) is 25.7 Å². The molecular formula is C13H19NO. The van der Waals surface area contributed by atoms with E-state index in [9.17, 15) is 5.11 Å². The van der Waals surface area contributed by atoms with Gasteiger partial charge in [-0.15, -0.1) is 0 Å². The summed E-state index contributed by atoms with van der Waals surface area (Å²) in [5.74, 6) is 0.419. The highest BCUT2D eigenvalue weighted by molar-refractivity contribution is 5.07. The van der Waals surface area contributed by atoms with Crippen molar-refractivity contribution >= 4 is 0 Å². The number of pyridine rings is 1. The first-order valence-corrected chi connectivity index (χ1v) is 5.97. The molecule has 1 aliphatic carbocycles. The van der Waals surface area contributed by atoms with Crippen molar-refractivity contribution in [2.45, 2.75) is 44.6 Å². The van der Waals surface area contributed by atoms with E-state index in [2.05, 4.69) is 4.98 Å². The predicted molar refractivity (Wildman–Crippen MR) is 60.4 cm³/mol. The lowest BCUT2D eigenvalue weighted by atomic mass is 9.92. The lowest BCUT2D eigenvalue weighted by molar-refractivity contribution is 0.0948. The van der Waals surface area contributed by atoms with Crippen LogP contribution in [-0.4, -0.2) is 10.1 Å². The van der Waals surface area contributed by atoms with Gasteiger partial charge in [-0.1, -0.05) is 31.7 Å². The molecule has 1 fully saturated rings. The zero-order valence-electron chi connectivity index (χ0n) is 9.10. The Morgan fingerprint density at radius 1 is 1.13 bits per heavy atom. The molecule has 1 N–H and O–H groups in total. The van der Waals surface area contributed by atoms with Gasteiger partial charge in [-0.2, -0.15) is 0 Å². The molecule has 82 valence electrons. The molecule has 0 aliphatic heterocycles. The summed E-state index contributed by atoms with van der Waals surface area (Å²) in [6.45, 7) is 0. The van der Waals surface area contributed by atoms with Crippen LogP contribution in [0.25, 0.3) is 0 Å². The van der Waals surface area contributed by atoms with Gasteiger partial charge in [0.15, 0.2) is 0 Å². The average Bonchev–Trinajstić information content (AvgIpc) is 2.58. The molecule has 1 atom stereocenters. The standard InChI is InChI=1S/C13H19NO/c15-13(12-9-5-6-10-14-12)11-7-3-1-2-4-8-11/h5-6,9-11,13,15H,1-4,7-8H2. The van der Waals surface area contributed by atoms with Crippen molar-refractivity contribution in [3.8, 4) is 0 Å². The molecule has 15 heavy (non-hydrogen) atoms. The van der Waals surface area contributed by atoms with E-state index in [1.807, 2.05) is 18.2 Å². The SMILES string of the molecule is OC(c1ccccn1)C1CCCCCC1. The lowest BCUT2D eigenvalue weighted by Gasteiger charge is -2.20. The minimum absolute atomic E-state index is 0.357. The summed E-state index contributed by atoms with van der Waals surface area (Å²) in [6.07, 6.45) is 8.87. The smallest absolute Gasteiger partial charge is 0.0987 e. The second kappa shape index (κ2) is 5.26. The van der Waals surface area contributed by atoms with E-state index in [0.29, 0.717) is 5.92 Å². The highest BCUT2D eigenvalue weighted by atomic mass is 16.3. The maximum atomic E-state index is 10.2. The van der Waals surface area contributed by atoms with E-state index in [4.69, 9.17) is 0 Å². The summed E-state index contributed by atoms with van der Waals surface area (Å²) in [7, 11) is 0. The Bertz CT molecular complexity index is 278. The van der Waals surface area contributed by atoms with E-state index in [1.54, 1.807) is 6.20 Å². The average molecular weight is 205 g/mol. The lowest BCUT2D eigenvalue weighted by Crippen LogP contribution is -2.13. The van der Waals surface area contributed by atoms with E-state index in [-0.39, 0.29) is 6.10 Å². The number of aliphatic hydroxyl groups excluding tert-OH is 1. The number of rotatable bonds is 2. The Kier molecular flexibility index (Phi) is 3.73. The van der Waals surface area contributed by atoms with Crippen LogP contribution >= 0.6 is 0 Å². The van der Waals surface area contributed by atoms with Gasteiger partial charge in [0, 0.05) is 6.20 Å². The molecule has 2 rings (SSSR count). The van der Waals surface area contributed by atoms with Gasteiger partial charge >= 0.3 is 0 Å². The second-order valence-electron chi connectivity index (χ2n) is 4.45. The van der Waals surface area contributed by atoms with Crippen LogP contribution in [0.2, 0.25) is 0 Å². The zero-order chi connectivity index (χ0) is 10.5. The molecule has 0 aromatic carbocycles. The highest BCUT2D eigenvalue weighted by Crippen LogP contribution is 2.32. The fourth-order valence-electron chi connectivity index (χ4n) is 2.42. The monoisotopic (exact) mass is 205 g/mol. The van der Waals surface area contributed by atoms with E-state index < -0.39 is 0 Å². The van der Waals surface area contributed by atoms with Crippen molar-refractivity contribution in [1.29, 1.82) is 0 Å². The molecule has 0 radical (unpaired) electrons. The minimum atomic E-state index is -0.357. The zero-order valence-corrected chi connectivity index (χ0v) is 9.10. The molecule has 1 aliphatic rings. The molecule has 1 aromatic rings. The van der Waals surface area contributed by atoms with Crippen LogP contribution in [0.15, 0.2) is 24.4 Å². The van der Waals surface area contributed by atoms with E-state index >= 15 is 0 Å². The van der Waals surface area contributed by atoms with Gasteiger partial charge in [0.2, 0.25) is 0 Å². The molecule has 1 heterocycles. The van der Waals surface area contributed by atoms with Crippen molar-refractivity contribution in [2.75, 3.05) is 0 Å². The third kappa shape index (κ3) is 2.78. The predicted octanol–water partition coefficient (Wildman–Crippen LogP) is 3.09. The molecule has 0 amide bonds. The Hall–Kier alpha value is -0.890. The molecular weight excluding hydrogens is 186 g/mol. The van der Waals surface area contributed by atoms with Gasteiger partial charge in [0.25, 0.3) is 0 Å². The van der Waals surface area contributed by atoms with Crippen LogP contribution in [0.5, 0.6) is 0 Å². The summed E-state index contributed by atoms with van der Waals surface area (Å²) < 4.78 is 0. The summed E-state index contributed by atoms with van der Waals surface area (Å²) in [4.78, 5) is 4.23. The van der Waals surface area contributed by atoms with Gasteiger partial charge in [0.05, 0.1) is 11.8 Å². The molecule has 1 unspecified atom stereocenters. The molecule has 1 saturated carbocycles. The van der Waals surface area contributed by atoms with Crippen molar-refractivity contribution in [3.63, 3.8) is 0 Å². The Morgan fingerprint density at radius 2 is 1.87 bits per heavy atom. The third-order valence-corrected chi connectivity index (χ3v) is 3.34. The van der Waals surface area contributed by atoms with Gasteiger partial charge in [-0.3, -0.25) is 4.98 Å². The number of nitrogens with zero attached hydrogens (tertiary/aromatic N) is 1. The summed E-state index contributed by atoms with van der Waals surface area (Å²) in [5.41, 5.74) is 0.837. The number of aromatic nitrogens is 1. The van der Waals surface area contributed by atoms with Crippen molar-refractivity contribution in [1.82, 2.24) is 4.98 Å². The van der Waals surface area contributed by atoms with Gasteiger partial charge in [0.1, 0.15) is 0 Å². The van der Waals surface area contributed by atoms with Crippen LogP contribution in [0.4, 0.5) is 0 Å². The van der Waals surface area contributed by atoms with E-state index in [0.717, 1.165) is 18.5 Å². The number of hydrogen-bond acceptors (Lipinski definition) is 2. The van der Waals surface area contributed by atoms with Crippen molar-refractivity contribution in [2.24, 2.45) is 5.92 Å². The fourth-order valence-corrected chi connectivity index (χ4v) is 2.42. The number of hydrogen-bond donors (Lipinski definition) is 1. The summed E-state index contributed by atoms with van der Waals surface area (Å²) in [5, 5.41) is 10.2. The van der Waals surface area contributed by atoms with Crippen LogP contribution in [0.3, 0.4) is 0 Å². The quantitative estimate of drug-likeness (QED) is 0.753. The van der Waals surface area contributed by atoms with Crippen LogP contribution in [-0.2, 0) is 0 Å². The maximum absolute atomic E-state index is 10.2. The van der Waals surface area contributed by atoms with Gasteiger partial charge < -0.3 is 5.11 Å². The second-order valence-corrected chi connectivity index (χ2v) is 4.45. The molecule has 2 nitrogen and oxygen atoms in total. The summed E-state index contributed by atoms with van der Waals surface area (Å²) in [6, 6.07) is 5.77. The van der Waals surface area contributed by atoms with Gasteiger partial charge in [-0.05, 0) is 30.9 Å². The Morgan fingerprint density at radius 3 is 2.47 bits per heavy atom. The first-order valence-electron chi connectivity index (χ1n) is 5.97. The Balaban J connectivity index is 2.03. The fraction of sp³-hybridized carbons (Fsp3) is 0.615. The molecule has 2 heteroatoms. The van der Waals surface area contributed by atoms with Crippen LogP contribution in [0.1, 0.15) is 50.3 Å². The minimum Gasteiger partial charge on any atom is -0.387 e. The maximum Gasteiger partial charge on any atom is 0.0987 e. The highest BCUT2D eigenvalue weighted by Gasteiger charge is 2.22. The van der Waals surface area contributed by atoms with Gasteiger partial charge in [-0.25, -0.2) is 0 Å². The molecule has 0 saturated heterocycles. The first kappa shape index (κ1) is 10.6.